The first-order valence-electron chi connectivity index (χ1n) is 9.25. The number of aromatic nitrogens is 2. The number of halogens is 3. The Labute approximate surface area is 180 Å². The van der Waals surface area contributed by atoms with E-state index in [9.17, 15) is 27.6 Å². The van der Waals surface area contributed by atoms with Crippen molar-refractivity contribution in [1.29, 1.82) is 0 Å². The summed E-state index contributed by atoms with van der Waals surface area (Å²) < 4.78 is 42.7. The van der Waals surface area contributed by atoms with E-state index in [4.69, 9.17) is 4.74 Å². The van der Waals surface area contributed by atoms with Gasteiger partial charge in [0.15, 0.2) is 6.61 Å². The molecule has 0 aliphatic rings. The van der Waals surface area contributed by atoms with Gasteiger partial charge in [0.1, 0.15) is 17.8 Å². The Kier molecular flexibility index (Phi) is 6.88. The molecular formula is C21H17F3N4O4. The van der Waals surface area contributed by atoms with Gasteiger partial charge in [0.25, 0.3) is 5.91 Å². The number of benzene rings is 2. The van der Waals surface area contributed by atoms with Crippen molar-refractivity contribution >= 4 is 17.9 Å². The van der Waals surface area contributed by atoms with Crippen LogP contribution in [0.3, 0.4) is 0 Å². The van der Waals surface area contributed by atoms with E-state index < -0.39 is 37.2 Å². The molecule has 2 aromatic carbocycles. The van der Waals surface area contributed by atoms with E-state index >= 15 is 0 Å². The first kappa shape index (κ1) is 22.5. The average Bonchev–Trinajstić information content (AvgIpc) is 3.22. The number of alkyl halides is 3. The number of hydrogen-bond acceptors (Lipinski definition) is 5. The second kappa shape index (κ2) is 9.77. The van der Waals surface area contributed by atoms with Crippen molar-refractivity contribution in [3.63, 3.8) is 0 Å². The molecule has 0 atom stereocenters. The molecule has 3 rings (SSSR count). The SMILES string of the molecule is O=C(COC(=O)c1cn(-c2ccccc2)nc1-c1ccccc1)NC(=O)NCC(F)(F)F. The van der Waals surface area contributed by atoms with E-state index in [0.717, 1.165) is 0 Å². The molecule has 0 bridgehead atoms. The van der Waals surface area contributed by atoms with Gasteiger partial charge in [-0.1, -0.05) is 48.5 Å². The number of esters is 1. The molecule has 166 valence electrons. The van der Waals surface area contributed by atoms with Crippen LogP contribution in [0.5, 0.6) is 0 Å². The van der Waals surface area contributed by atoms with Crippen LogP contribution in [-0.4, -0.2) is 47.0 Å². The molecule has 0 spiro atoms. The highest BCUT2D eigenvalue weighted by atomic mass is 19.4. The highest BCUT2D eigenvalue weighted by Crippen LogP contribution is 2.24. The molecule has 1 heterocycles. The van der Waals surface area contributed by atoms with Gasteiger partial charge >= 0.3 is 18.2 Å². The Balaban J connectivity index is 1.71. The van der Waals surface area contributed by atoms with Crippen LogP contribution in [0.2, 0.25) is 0 Å². The van der Waals surface area contributed by atoms with Crippen LogP contribution in [-0.2, 0) is 9.53 Å². The maximum Gasteiger partial charge on any atom is 0.405 e. The fraction of sp³-hybridized carbons (Fsp3) is 0.143. The summed E-state index contributed by atoms with van der Waals surface area (Å²) in [7, 11) is 0. The summed E-state index contributed by atoms with van der Waals surface area (Å²) in [4.78, 5) is 35.7. The molecule has 1 aromatic heterocycles. The van der Waals surface area contributed by atoms with E-state index in [2.05, 4.69) is 5.10 Å². The number of nitrogens with zero attached hydrogens (tertiary/aromatic N) is 2. The Hall–Kier alpha value is -4.15. The first-order chi connectivity index (χ1) is 15.2. The molecule has 3 amide bonds. The Bertz CT molecular complexity index is 1100. The van der Waals surface area contributed by atoms with Gasteiger partial charge in [-0.25, -0.2) is 14.3 Å². The number of para-hydroxylation sites is 1. The maximum absolute atomic E-state index is 12.6. The fourth-order valence-electron chi connectivity index (χ4n) is 2.64. The predicted octanol–water partition coefficient (Wildman–Crippen LogP) is 3.08. The van der Waals surface area contributed by atoms with Gasteiger partial charge < -0.3 is 10.1 Å². The normalized spacial score (nSPS) is 11.0. The third-order valence-electron chi connectivity index (χ3n) is 4.04. The van der Waals surface area contributed by atoms with Crippen molar-refractivity contribution in [2.45, 2.75) is 6.18 Å². The van der Waals surface area contributed by atoms with Crippen LogP contribution in [0.15, 0.2) is 66.9 Å². The van der Waals surface area contributed by atoms with Crippen LogP contribution < -0.4 is 10.6 Å². The summed E-state index contributed by atoms with van der Waals surface area (Å²) in [6.07, 6.45) is -3.19. The zero-order chi connectivity index (χ0) is 23.1. The van der Waals surface area contributed by atoms with Crippen LogP contribution in [0.1, 0.15) is 10.4 Å². The molecule has 32 heavy (non-hydrogen) atoms. The Morgan fingerprint density at radius 2 is 1.59 bits per heavy atom. The lowest BCUT2D eigenvalue weighted by atomic mass is 10.1. The number of amides is 3. The molecule has 0 unspecified atom stereocenters. The lowest BCUT2D eigenvalue weighted by Gasteiger charge is -2.09. The molecule has 8 nitrogen and oxygen atoms in total. The third-order valence-corrected chi connectivity index (χ3v) is 4.04. The summed E-state index contributed by atoms with van der Waals surface area (Å²) >= 11 is 0. The average molecular weight is 446 g/mol. The summed E-state index contributed by atoms with van der Waals surface area (Å²) in [6, 6.07) is 16.4. The van der Waals surface area contributed by atoms with Gasteiger partial charge in [0, 0.05) is 11.8 Å². The van der Waals surface area contributed by atoms with E-state index in [1.54, 1.807) is 59.9 Å². The number of carbonyl (C=O) groups excluding carboxylic acids is 3. The molecular weight excluding hydrogens is 429 g/mol. The molecule has 0 saturated heterocycles. The second-order valence-corrected chi connectivity index (χ2v) is 6.46. The number of rotatable bonds is 6. The standard InChI is InChI=1S/C21H17F3N4O4/c22-21(23,24)13-25-20(31)26-17(29)12-32-19(30)16-11-28(15-9-5-2-6-10-15)27-18(16)14-7-3-1-4-8-14/h1-11H,12-13H2,(H2,25,26,29,31). The smallest absolute Gasteiger partial charge is 0.405 e. The van der Waals surface area contributed by atoms with Gasteiger partial charge in [0.05, 0.1) is 5.69 Å². The number of urea groups is 1. The van der Waals surface area contributed by atoms with E-state index in [1.807, 2.05) is 6.07 Å². The quantitative estimate of drug-likeness (QED) is 0.567. The van der Waals surface area contributed by atoms with Gasteiger partial charge in [-0.2, -0.15) is 18.3 Å². The highest BCUT2D eigenvalue weighted by Gasteiger charge is 2.28. The maximum atomic E-state index is 12.6. The second-order valence-electron chi connectivity index (χ2n) is 6.46. The fourth-order valence-corrected chi connectivity index (χ4v) is 2.64. The van der Waals surface area contributed by atoms with Gasteiger partial charge in [-0.3, -0.25) is 10.1 Å². The number of ether oxygens (including phenoxy) is 1. The highest BCUT2D eigenvalue weighted by molar-refractivity contribution is 5.99. The molecule has 0 fully saturated rings. The van der Waals surface area contributed by atoms with Gasteiger partial charge in [0.2, 0.25) is 0 Å². The molecule has 0 radical (unpaired) electrons. The summed E-state index contributed by atoms with van der Waals surface area (Å²) in [6.45, 7) is -2.48. The molecule has 0 aliphatic heterocycles. The van der Waals surface area contributed by atoms with E-state index in [0.29, 0.717) is 16.9 Å². The van der Waals surface area contributed by atoms with Crippen LogP contribution >= 0.6 is 0 Å². The molecule has 0 saturated carbocycles. The van der Waals surface area contributed by atoms with Crippen molar-refractivity contribution in [2.24, 2.45) is 0 Å². The van der Waals surface area contributed by atoms with Crippen LogP contribution in [0, 0.1) is 0 Å². The predicted molar refractivity (Wildman–Crippen MR) is 107 cm³/mol. The van der Waals surface area contributed by atoms with Crippen molar-refractivity contribution in [1.82, 2.24) is 20.4 Å². The monoisotopic (exact) mass is 446 g/mol. The third kappa shape index (κ3) is 6.17. The van der Waals surface area contributed by atoms with Crippen LogP contribution in [0.25, 0.3) is 16.9 Å². The minimum atomic E-state index is -4.63. The molecule has 2 N–H and O–H groups in total. The van der Waals surface area contributed by atoms with Crippen molar-refractivity contribution < 1.29 is 32.3 Å². The minimum absolute atomic E-state index is 0.0642. The number of nitrogens with one attached hydrogen (secondary N) is 2. The molecule has 3 aromatic rings. The van der Waals surface area contributed by atoms with E-state index in [1.165, 1.54) is 16.2 Å². The Morgan fingerprint density at radius 3 is 2.22 bits per heavy atom. The van der Waals surface area contributed by atoms with Gasteiger partial charge in [-0.15, -0.1) is 0 Å². The minimum Gasteiger partial charge on any atom is -0.452 e. The Morgan fingerprint density at radius 1 is 0.969 bits per heavy atom. The lowest BCUT2D eigenvalue weighted by molar-refractivity contribution is -0.125. The zero-order valence-electron chi connectivity index (χ0n) is 16.4. The van der Waals surface area contributed by atoms with Crippen molar-refractivity contribution in [3.05, 3.63) is 72.4 Å². The van der Waals surface area contributed by atoms with E-state index in [-0.39, 0.29) is 5.56 Å². The van der Waals surface area contributed by atoms with Crippen molar-refractivity contribution in [3.8, 4) is 16.9 Å². The topological polar surface area (TPSA) is 102 Å². The number of hydrogen-bond donors (Lipinski definition) is 2. The zero-order valence-corrected chi connectivity index (χ0v) is 16.4. The first-order valence-corrected chi connectivity index (χ1v) is 9.25. The summed E-state index contributed by atoms with van der Waals surface area (Å²) in [5.41, 5.74) is 1.69. The van der Waals surface area contributed by atoms with Crippen LogP contribution in [0.4, 0.5) is 18.0 Å². The summed E-state index contributed by atoms with van der Waals surface area (Å²) in [5, 5.41) is 7.56. The van der Waals surface area contributed by atoms with Gasteiger partial charge in [-0.05, 0) is 12.1 Å². The number of imide groups is 1. The molecule has 11 heteroatoms. The number of carbonyl (C=O) groups is 3. The largest absolute Gasteiger partial charge is 0.452 e. The lowest BCUT2D eigenvalue weighted by Crippen LogP contribution is -2.44. The summed E-state index contributed by atoms with van der Waals surface area (Å²) in [5.74, 6) is -1.98. The molecule has 0 aliphatic carbocycles. The van der Waals surface area contributed by atoms with Crippen molar-refractivity contribution in [2.75, 3.05) is 13.2 Å².